The Balaban J connectivity index is 2.81. The van der Waals surface area contributed by atoms with E-state index in [0.29, 0.717) is 11.3 Å². The van der Waals surface area contributed by atoms with E-state index < -0.39 is 0 Å². The van der Waals surface area contributed by atoms with Crippen molar-refractivity contribution in [1.82, 2.24) is 5.32 Å². The first-order valence-electron chi connectivity index (χ1n) is 5.74. The second-order valence-electron chi connectivity index (χ2n) is 4.36. The van der Waals surface area contributed by atoms with Gasteiger partial charge in [-0.1, -0.05) is 13.8 Å². The number of aliphatic hydroxyl groups excluding tert-OH is 1. The number of hydrogen-bond acceptors (Lipinski definition) is 3. The molecule has 0 saturated carbocycles. The molecule has 5 heteroatoms. The Morgan fingerprint density at radius 2 is 2.17 bits per heavy atom. The largest absolute Gasteiger partial charge is 0.496 e. The van der Waals surface area contributed by atoms with Crippen LogP contribution in [-0.4, -0.2) is 30.8 Å². The van der Waals surface area contributed by atoms with Crippen LogP contribution in [0, 0.1) is 5.92 Å². The molecule has 2 N–H and O–H groups in total. The average molecular weight is 316 g/mol. The second kappa shape index (κ2) is 6.75. The lowest BCUT2D eigenvalue weighted by Crippen LogP contribution is -2.41. The quantitative estimate of drug-likeness (QED) is 0.875. The molecule has 1 aromatic rings. The molecule has 18 heavy (non-hydrogen) atoms. The lowest BCUT2D eigenvalue weighted by Gasteiger charge is -2.20. The second-order valence-corrected chi connectivity index (χ2v) is 5.21. The zero-order valence-electron chi connectivity index (χ0n) is 10.7. The minimum absolute atomic E-state index is 0.0687. The number of halogens is 1. The van der Waals surface area contributed by atoms with Crippen LogP contribution < -0.4 is 10.1 Å². The maximum atomic E-state index is 12.0. The lowest BCUT2D eigenvalue weighted by molar-refractivity contribution is 0.0897. The van der Waals surface area contributed by atoms with E-state index in [1.807, 2.05) is 13.8 Å². The third-order valence-electron chi connectivity index (χ3n) is 2.73. The standard InChI is InChI=1S/C13H18BrNO3/c1-8(2)11(7-16)15-13(17)9-4-5-12(18-3)10(14)6-9/h4-6,8,11,16H,7H2,1-3H3,(H,15,17)/t11-/m1/s1. The van der Waals surface area contributed by atoms with E-state index in [2.05, 4.69) is 21.2 Å². The van der Waals surface area contributed by atoms with Gasteiger partial charge in [-0.2, -0.15) is 0 Å². The van der Waals surface area contributed by atoms with Crippen molar-refractivity contribution in [2.24, 2.45) is 5.92 Å². The van der Waals surface area contributed by atoms with Crippen LogP contribution in [0.2, 0.25) is 0 Å². The fourth-order valence-electron chi connectivity index (χ4n) is 1.48. The highest BCUT2D eigenvalue weighted by atomic mass is 79.9. The molecule has 0 heterocycles. The Bertz CT molecular complexity index is 421. The molecule has 100 valence electrons. The molecule has 0 radical (unpaired) electrons. The highest BCUT2D eigenvalue weighted by Gasteiger charge is 2.16. The average Bonchev–Trinajstić information content (AvgIpc) is 2.35. The van der Waals surface area contributed by atoms with Gasteiger partial charge in [-0.15, -0.1) is 0 Å². The number of hydrogen-bond donors (Lipinski definition) is 2. The number of amides is 1. The van der Waals surface area contributed by atoms with Crippen molar-refractivity contribution in [3.8, 4) is 5.75 Å². The van der Waals surface area contributed by atoms with Gasteiger partial charge >= 0.3 is 0 Å². The van der Waals surface area contributed by atoms with Crippen molar-refractivity contribution in [3.05, 3.63) is 28.2 Å². The third-order valence-corrected chi connectivity index (χ3v) is 3.35. The Kier molecular flexibility index (Phi) is 5.62. The van der Waals surface area contributed by atoms with Crippen LogP contribution in [0.3, 0.4) is 0 Å². The van der Waals surface area contributed by atoms with Crippen LogP contribution in [0.15, 0.2) is 22.7 Å². The van der Waals surface area contributed by atoms with Crippen molar-refractivity contribution in [2.75, 3.05) is 13.7 Å². The molecular weight excluding hydrogens is 298 g/mol. The fraction of sp³-hybridized carbons (Fsp3) is 0.462. The van der Waals surface area contributed by atoms with E-state index in [9.17, 15) is 9.90 Å². The summed E-state index contributed by atoms with van der Waals surface area (Å²) in [6, 6.07) is 4.87. The third kappa shape index (κ3) is 3.71. The predicted molar refractivity (Wildman–Crippen MR) is 73.9 cm³/mol. The molecule has 1 aromatic carbocycles. The molecule has 0 fully saturated rings. The number of rotatable bonds is 5. The summed E-state index contributed by atoms with van der Waals surface area (Å²) in [6.45, 7) is 3.83. The van der Waals surface area contributed by atoms with Crippen molar-refractivity contribution in [1.29, 1.82) is 0 Å². The van der Waals surface area contributed by atoms with Gasteiger partial charge in [0.1, 0.15) is 5.75 Å². The van der Waals surface area contributed by atoms with Gasteiger partial charge in [0.25, 0.3) is 5.91 Å². The first kappa shape index (κ1) is 15.0. The number of nitrogens with one attached hydrogen (secondary N) is 1. The Morgan fingerprint density at radius 1 is 1.50 bits per heavy atom. The number of carbonyl (C=O) groups is 1. The minimum atomic E-state index is -0.238. The summed E-state index contributed by atoms with van der Waals surface area (Å²) in [5.74, 6) is 0.654. The molecule has 0 spiro atoms. The molecule has 1 amide bonds. The van der Waals surface area contributed by atoms with Gasteiger partial charge in [0.2, 0.25) is 0 Å². The van der Waals surface area contributed by atoms with Crippen LogP contribution in [0.25, 0.3) is 0 Å². The molecule has 0 bridgehead atoms. The number of benzene rings is 1. The summed E-state index contributed by atoms with van der Waals surface area (Å²) in [7, 11) is 1.57. The Morgan fingerprint density at radius 3 is 2.61 bits per heavy atom. The number of carbonyl (C=O) groups excluding carboxylic acids is 1. The number of ether oxygens (including phenoxy) is 1. The van der Waals surface area contributed by atoms with E-state index in [1.165, 1.54) is 0 Å². The summed E-state index contributed by atoms with van der Waals surface area (Å²) in [5.41, 5.74) is 0.529. The molecule has 0 aliphatic rings. The highest BCUT2D eigenvalue weighted by Crippen LogP contribution is 2.25. The van der Waals surface area contributed by atoms with Gasteiger partial charge in [-0.3, -0.25) is 4.79 Å². The van der Waals surface area contributed by atoms with E-state index in [4.69, 9.17) is 4.74 Å². The maximum Gasteiger partial charge on any atom is 0.251 e. The predicted octanol–water partition coefficient (Wildman–Crippen LogP) is 2.20. The summed E-state index contributed by atoms with van der Waals surface area (Å²) >= 11 is 3.33. The highest BCUT2D eigenvalue weighted by molar-refractivity contribution is 9.10. The van der Waals surface area contributed by atoms with Gasteiger partial charge < -0.3 is 15.2 Å². The molecule has 0 aliphatic carbocycles. The molecule has 0 saturated heterocycles. The van der Waals surface area contributed by atoms with Gasteiger partial charge in [0.15, 0.2) is 0 Å². The van der Waals surface area contributed by atoms with Crippen molar-refractivity contribution in [2.45, 2.75) is 19.9 Å². The first-order chi connectivity index (χ1) is 8.49. The van der Waals surface area contributed by atoms with Crippen molar-refractivity contribution < 1.29 is 14.6 Å². The summed E-state index contributed by atoms with van der Waals surface area (Å²) in [5, 5.41) is 12.0. The van der Waals surface area contributed by atoms with E-state index in [-0.39, 0.29) is 24.5 Å². The molecule has 1 rings (SSSR count). The van der Waals surface area contributed by atoms with E-state index in [1.54, 1.807) is 25.3 Å². The van der Waals surface area contributed by atoms with Crippen molar-refractivity contribution in [3.63, 3.8) is 0 Å². The first-order valence-corrected chi connectivity index (χ1v) is 6.54. The normalized spacial score (nSPS) is 12.3. The molecule has 1 atom stereocenters. The van der Waals surface area contributed by atoms with Crippen LogP contribution >= 0.6 is 15.9 Å². The Hall–Kier alpha value is -1.07. The summed E-state index contributed by atoms with van der Waals surface area (Å²) < 4.78 is 5.83. The van der Waals surface area contributed by atoms with Gasteiger partial charge in [-0.05, 0) is 40.0 Å². The SMILES string of the molecule is COc1ccc(C(=O)N[C@H](CO)C(C)C)cc1Br. The molecule has 0 aromatic heterocycles. The fourth-order valence-corrected chi connectivity index (χ4v) is 2.02. The zero-order chi connectivity index (χ0) is 13.7. The van der Waals surface area contributed by atoms with Gasteiger partial charge in [-0.25, -0.2) is 0 Å². The summed E-state index contributed by atoms with van der Waals surface area (Å²) in [4.78, 5) is 12.0. The van der Waals surface area contributed by atoms with Crippen LogP contribution in [0.1, 0.15) is 24.2 Å². The van der Waals surface area contributed by atoms with Crippen LogP contribution in [0.4, 0.5) is 0 Å². The van der Waals surface area contributed by atoms with Crippen LogP contribution in [0.5, 0.6) is 5.75 Å². The molecule has 0 aliphatic heterocycles. The maximum absolute atomic E-state index is 12.0. The van der Waals surface area contributed by atoms with Crippen LogP contribution in [-0.2, 0) is 0 Å². The van der Waals surface area contributed by atoms with E-state index >= 15 is 0 Å². The Labute approximate surface area is 115 Å². The monoisotopic (exact) mass is 315 g/mol. The molecule has 0 unspecified atom stereocenters. The van der Waals surface area contributed by atoms with E-state index in [0.717, 1.165) is 4.47 Å². The molecule has 4 nitrogen and oxygen atoms in total. The van der Waals surface area contributed by atoms with Gasteiger partial charge in [0, 0.05) is 5.56 Å². The topological polar surface area (TPSA) is 58.6 Å². The van der Waals surface area contributed by atoms with Gasteiger partial charge in [0.05, 0.1) is 24.2 Å². The lowest BCUT2D eigenvalue weighted by atomic mass is 10.0. The smallest absolute Gasteiger partial charge is 0.251 e. The number of aliphatic hydroxyl groups is 1. The minimum Gasteiger partial charge on any atom is -0.496 e. The zero-order valence-corrected chi connectivity index (χ0v) is 12.3. The van der Waals surface area contributed by atoms with Crippen molar-refractivity contribution >= 4 is 21.8 Å². The summed E-state index contributed by atoms with van der Waals surface area (Å²) in [6.07, 6.45) is 0. The molecular formula is C13H18BrNO3. The number of methoxy groups -OCH3 is 1.